The molecule has 1 unspecified atom stereocenters. The molecule has 0 saturated heterocycles. The molecular formula is C18H21FO2. The first-order chi connectivity index (χ1) is 10.1. The maximum absolute atomic E-state index is 13.2. The van der Waals surface area contributed by atoms with Gasteiger partial charge < -0.3 is 9.84 Å². The summed E-state index contributed by atoms with van der Waals surface area (Å²) in [5.41, 5.74) is 3.04. The summed E-state index contributed by atoms with van der Waals surface area (Å²) in [6, 6.07) is 12.5. The minimum atomic E-state index is -0.465. The Hall–Kier alpha value is -1.87. The monoisotopic (exact) mass is 288 g/mol. The van der Waals surface area contributed by atoms with E-state index >= 15 is 0 Å². The van der Waals surface area contributed by atoms with Gasteiger partial charge in [-0.1, -0.05) is 18.2 Å². The van der Waals surface area contributed by atoms with Crippen molar-refractivity contribution in [1.82, 2.24) is 0 Å². The van der Waals surface area contributed by atoms with E-state index in [1.807, 2.05) is 31.2 Å². The van der Waals surface area contributed by atoms with Gasteiger partial charge in [-0.25, -0.2) is 4.39 Å². The Kier molecular flexibility index (Phi) is 5.34. The van der Waals surface area contributed by atoms with E-state index in [0.717, 1.165) is 28.9 Å². The van der Waals surface area contributed by atoms with Crippen LogP contribution < -0.4 is 4.74 Å². The number of methoxy groups -OCH3 is 1. The zero-order valence-electron chi connectivity index (χ0n) is 12.5. The summed E-state index contributed by atoms with van der Waals surface area (Å²) in [6.45, 7) is 1.94. The molecule has 0 bridgehead atoms. The van der Waals surface area contributed by atoms with Gasteiger partial charge in [0.2, 0.25) is 0 Å². The molecule has 0 aromatic heterocycles. The second kappa shape index (κ2) is 7.23. The Morgan fingerprint density at radius 2 is 1.86 bits per heavy atom. The van der Waals surface area contributed by atoms with Crippen molar-refractivity contribution in [3.05, 3.63) is 65.0 Å². The second-order valence-electron chi connectivity index (χ2n) is 5.32. The molecule has 0 saturated carbocycles. The first-order valence-corrected chi connectivity index (χ1v) is 7.14. The Balaban J connectivity index is 1.89. The highest BCUT2D eigenvalue weighted by Gasteiger charge is 2.09. The van der Waals surface area contributed by atoms with Crippen LogP contribution in [0.25, 0.3) is 0 Å². The molecule has 0 aliphatic rings. The fraction of sp³-hybridized carbons (Fsp3) is 0.333. The van der Waals surface area contributed by atoms with E-state index in [-0.39, 0.29) is 5.82 Å². The van der Waals surface area contributed by atoms with Gasteiger partial charge in [-0.2, -0.15) is 0 Å². The predicted octanol–water partition coefficient (Wildman–Crippen LogP) is 3.68. The fourth-order valence-electron chi connectivity index (χ4n) is 2.34. The van der Waals surface area contributed by atoms with Crippen LogP contribution in [0.2, 0.25) is 0 Å². The van der Waals surface area contributed by atoms with Gasteiger partial charge in [0.05, 0.1) is 13.2 Å². The standard InChI is InChI=1S/C18H21FO2/c1-13-3-7-16(19)11-15(13)12-17(20)8-4-14-5-9-18(21-2)10-6-14/h3,5-7,9-11,17,20H,4,8,12H2,1-2H3. The Morgan fingerprint density at radius 3 is 2.52 bits per heavy atom. The third-order valence-corrected chi connectivity index (χ3v) is 3.69. The topological polar surface area (TPSA) is 29.5 Å². The summed E-state index contributed by atoms with van der Waals surface area (Å²) < 4.78 is 18.3. The highest BCUT2D eigenvalue weighted by atomic mass is 19.1. The van der Waals surface area contributed by atoms with E-state index in [4.69, 9.17) is 4.74 Å². The van der Waals surface area contributed by atoms with Crippen molar-refractivity contribution in [2.45, 2.75) is 32.3 Å². The molecule has 0 fully saturated rings. The van der Waals surface area contributed by atoms with E-state index in [1.54, 1.807) is 13.2 Å². The van der Waals surface area contributed by atoms with Gasteiger partial charge in [-0.05, 0) is 67.1 Å². The van der Waals surface area contributed by atoms with Gasteiger partial charge in [0.25, 0.3) is 0 Å². The van der Waals surface area contributed by atoms with Crippen LogP contribution in [-0.2, 0) is 12.8 Å². The van der Waals surface area contributed by atoms with Crippen LogP contribution in [0.1, 0.15) is 23.1 Å². The van der Waals surface area contributed by atoms with Gasteiger partial charge in [0.15, 0.2) is 0 Å². The third kappa shape index (κ3) is 4.57. The lowest BCUT2D eigenvalue weighted by molar-refractivity contribution is 0.165. The highest BCUT2D eigenvalue weighted by Crippen LogP contribution is 2.16. The Bertz CT molecular complexity index is 578. The number of hydrogen-bond donors (Lipinski definition) is 1. The smallest absolute Gasteiger partial charge is 0.123 e. The number of ether oxygens (including phenoxy) is 1. The molecule has 0 aliphatic carbocycles. The second-order valence-corrected chi connectivity index (χ2v) is 5.32. The zero-order chi connectivity index (χ0) is 15.2. The first-order valence-electron chi connectivity index (χ1n) is 7.14. The minimum absolute atomic E-state index is 0.252. The third-order valence-electron chi connectivity index (χ3n) is 3.69. The minimum Gasteiger partial charge on any atom is -0.497 e. The SMILES string of the molecule is COc1ccc(CCC(O)Cc2cc(F)ccc2C)cc1. The molecule has 0 spiro atoms. The van der Waals surface area contributed by atoms with E-state index < -0.39 is 6.10 Å². The number of hydrogen-bond acceptors (Lipinski definition) is 2. The summed E-state index contributed by atoms with van der Waals surface area (Å²) in [5, 5.41) is 10.1. The maximum atomic E-state index is 13.2. The summed E-state index contributed by atoms with van der Waals surface area (Å²) >= 11 is 0. The van der Waals surface area contributed by atoms with Crippen molar-refractivity contribution in [3.63, 3.8) is 0 Å². The number of aliphatic hydroxyl groups is 1. The van der Waals surface area contributed by atoms with Crippen molar-refractivity contribution in [1.29, 1.82) is 0 Å². The molecule has 0 aliphatic heterocycles. The van der Waals surface area contributed by atoms with Crippen LogP contribution in [0.5, 0.6) is 5.75 Å². The average molecular weight is 288 g/mol. The van der Waals surface area contributed by atoms with Crippen molar-refractivity contribution in [2.75, 3.05) is 7.11 Å². The van der Waals surface area contributed by atoms with E-state index in [2.05, 4.69) is 0 Å². The van der Waals surface area contributed by atoms with Crippen molar-refractivity contribution in [2.24, 2.45) is 0 Å². The molecule has 112 valence electrons. The summed E-state index contributed by atoms with van der Waals surface area (Å²) in [4.78, 5) is 0. The molecule has 0 heterocycles. The molecular weight excluding hydrogens is 267 g/mol. The number of benzene rings is 2. The van der Waals surface area contributed by atoms with Gasteiger partial charge >= 0.3 is 0 Å². The normalized spacial score (nSPS) is 12.2. The van der Waals surface area contributed by atoms with Crippen LogP contribution in [0.15, 0.2) is 42.5 Å². The Morgan fingerprint density at radius 1 is 1.14 bits per heavy atom. The van der Waals surface area contributed by atoms with Crippen LogP contribution in [-0.4, -0.2) is 18.3 Å². The van der Waals surface area contributed by atoms with Gasteiger partial charge in [-0.3, -0.25) is 0 Å². The fourth-order valence-corrected chi connectivity index (χ4v) is 2.34. The number of aliphatic hydroxyl groups excluding tert-OH is 1. The zero-order valence-corrected chi connectivity index (χ0v) is 12.5. The molecule has 2 rings (SSSR count). The lowest BCUT2D eigenvalue weighted by Crippen LogP contribution is -2.12. The Labute approximate surface area is 125 Å². The number of rotatable bonds is 6. The maximum Gasteiger partial charge on any atom is 0.123 e. The van der Waals surface area contributed by atoms with Crippen LogP contribution in [0.4, 0.5) is 4.39 Å². The van der Waals surface area contributed by atoms with Crippen LogP contribution in [0.3, 0.4) is 0 Å². The highest BCUT2D eigenvalue weighted by molar-refractivity contribution is 5.28. The summed E-state index contributed by atoms with van der Waals surface area (Å²) in [6.07, 6.45) is 1.47. The van der Waals surface area contributed by atoms with Crippen LogP contribution >= 0.6 is 0 Å². The predicted molar refractivity (Wildman–Crippen MR) is 82.2 cm³/mol. The molecule has 0 radical (unpaired) electrons. The lowest BCUT2D eigenvalue weighted by atomic mass is 9.98. The molecule has 1 N–H and O–H groups in total. The van der Waals surface area contributed by atoms with E-state index in [1.165, 1.54) is 12.1 Å². The molecule has 0 amide bonds. The average Bonchev–Trinajstić information content (AvgIpc) is 2.49. The summed E-state index contributed by atoms with van der Waals surface area (Å²) in [7, 11) is 1.64. The van der Waals surface area contributed by atoms with Crippen LogP contribution in [0, 0.1) is 12.7 Å². The molecule has 21 heavy (non-hydrogen) atoms. The van der Waals surface area contributed by atoms with Crippen molar-refractivity contribution < 1.29 is 14.2 Å². The molecule has 3 heteroatoms. The van der Waals surface area contributed by atoms with E-state index in [9.17, 15) is 9.50 Å². The quantitative estimate of drug-likeness (QED) is 0.878. The number of halogens is 1. The van der Waals surface area contributed by atoms with Crippen molar-refractivity contribution >= 4 is 0 Å². The summed E-state index contributed by atoms with van der Waals surface area (Å²) in [5.74, 6) is 0.577. The molecule has 2 aromatic rings. The molecule has 1 atom stereocenters. The largest absolute Gasteiger partial charge is 0.497 e. The molecule has 2 aromatic carbocycles. The van der Waals surface area contributed by atoms with Crippen molar-refractivity contribution in [3.8, 4) is 5.75 Å². The van der Waals surface area contributed by atoms with E-state index in [0.29, 0.717) is 12.8 Å². The number of aryl methyl sites for hydroxylation is 2. The first kappa shape index (κ1) is 15.5. The molecule has 2 nitrogen and oxygen atoms in total. The van der Waals surface area contributed by atoms with Gasteiger partial charge in [0, 0.05) is 0 Å². The lowest BCUT2D eigenvalue weighted by Gasteiger charge is -2.13. The van der Waals surface area contributed by atoms with Gasteiger partial charge in [-0.15, -0.1) is 0 Å². The van der Waals surface area contributed by atoms with Gasteiger partial charge in [0.1, 0.15) is 11.6 Å².